The number of nitrogens with one attached hydrogen (secondary N) is 1. The fraction of sp³-hybridized carbons (Fsp3) is 0.238. The van der Waals surface area contributed by atoms with Crippen molar-refractivity contribution in [3.63, 3.8) is 0 Å². The summed E-state index contributed by atoms with van der Waals surface area (Å²) in [4.78, 5) is 24.6. The molecule has 27 heavy (non-hydrogen) atoms. The Hall–Kier alpha value is -2.60. The molecule has 0 fully saturated rings. The fourth-order valence-corrected chi connectivity index (χ4v) is 3.66. The Labute approximate surface area is 166 Å². The molecule has 6 heteroatoms. The SMILES string of the molecule is CCCCn1c(C(=O)Nc2ccc(Br)cc2C(=O)O)c(C)c2ccccc21. The molecule has 5 nitrogen and oxygen atoms in total. The van der Waals surface area contributed by atoms with Gasteiger partial charge in [-0.05, 0) is 43.2 Å². The number of aromatic nitrogens is 1. The zero-order valence-corrected chi connectivity index (χ0v) is 16.8. The highest BCUT2D eigenvalue weighted by molar-refractivity contribution is 9.10. The van der Waals surface area contributed by atoms with Gasteiger partial charge in [-0.3, -0.25) is 4.79 Å². The van der Waals surface area contributed by atoms with Crippen LogP contribution in [-0.2, 0) is 6.54 Å². The van der Waals surface area contributed by atoms with Crippen molar-refractivity contribution in [2.24, 2.45) is 0 Å². The number of carboxylic acids is 1. The largest absolute Gasteiger partial charge is 0.478 e. The molecule has 1 heterocycles. The number of aromatic carboxylic acids is 1. The molecule has 0 aliphatic carbocycles. The summed E-state index contributed by atoms with van der Waals surface area (Å²) < 4.78 is 2.68. The summed E-state index contributed by atoms with van der Waals surface area (Å²) >= 11 is 3.27. The van der Waals surface area contributed by atoms with Crippen molar-refractivity contribution < 1.29 is 14.7 Å². The molecular formula is C21H21BrN2O3. The van der Waals surface area contributed by atoms with Gasteiger partial charge >= 0.3 is 5.97 Å². The van der Waals surface area contributed by atoms with Crippen LogP contribution in [0, 0.1) is 6.92 Å². The molecule has 0 saturated heterocycles. The third-order valence-electron chi connectivity index (χ3n) is 4.63. The molecule has 0 atom stereocenters. The molecule has 140 valence electrons. The minimum Gasteiger partial charge on any atom is -0.478 e. The van der Waals surface area contributed by atoms with Crippen LogP contribution in [-0.4, -0.2) is 21.6 Å². The van der Waals surface area contributed by atoms with E-state index < -0.39 is 5.97 Å². The van der Waals surface area contributed by atoms with E-state index in [4.69, 9.17) is 0 Å². The van der Waals surface area contributed by atoms with E-state index in [2.05, 4.69) is 28.2 Å². The number of aryl methyl sites for hydroxylation is 2. The Morgan fingerprint density at radius 1 is 1.19 bits per heavy atom. The predicted molar refractivity (Wildman–Crippen MR) is 111 cm³/mol. The second-order valence-electron chi connectivity index (χ2n) is 6.45. The lowest BCUT2D eigenvalue weighted by atomic mass is 10.1. The minimum absolute atomic E-state index is 0.0478. The van der Waals surface area contributed by atoms with Crippen LogP contribution in [0.3, 0.4) is 0 Å². The summed E-state index contributed by atoms with van der Waals surface area (Å²) in [6, 6.07) is 12.7. The summed E-state index contributed by atoms with van der Waals surface area (Å²) in [5.41, 5.74) is 2.81. The van der Waals surface area contributed by atoms with E-state index in [1.54, 1.807) is 12.1 Å². The Morgan fingerprint density at radius 2 is 1.93 bits per heavy atom. The van der Waals surface area contributed by atoms with E-state index in [-0.39, 0.29) is 17.2 Å². The number of rotatable bonds is 6. The molecule has 0 spiro atoms. The zero-order chi connectivity index (χ0) is 19.6. The number of benzene rings is 2. The highest BCUT2D eigenvalue weighted by Gasteiger charge is 2.21. The van der Waals surface area contributed by atoms with E-state index in [9.17, 15) is 14.7 Å². The van der Waals surface area contributed by atoms with Crippen LogP contribution in [0.4, 0.5) is 5.69 Å². The molecule has 0 aliphatic heterocycles. The molecule has 2 N–H and O–H groups in total. The number of carbonyl (C=O) groups excluding carboxylic acids is 1. The van der Waals surface area contributed by atoms with E-state index in [1.807, 2.05) is 35.8 Å². The van der Waals surface area contributed by atoms with Crippen molar-refractivity contribution in [3.8, 4) is 0 Å². The van der Waals surface area contributed by atoms with Gasteiger partial charge in [0, 0.05) is 21.9 Å². The number of hydrogen-bond acceptors (Lipinski definition) is 2. The number of amides is 1. The zero-order valence-electron chi connectivity index (χ0n) is 15.3. The molecule has 0 bridgehead atoms. The average molecular weight is 429 g/mol. The molecule has 1 amide bonds. The van der Waals surface area contributed by atoms with Crippen LogP contribution < -0.4 is 5.32 Å². The Morgan fingerprint density at radius 3 is 2.63 bits per heavy atom. The second kappa shape index (κ2) is 7.96. The maximum Gasteiger partial charge on any atom is 0.337 e. The van der Waals surface area contributed by atoms with Gasteiger partial charge in [0.25, 0.3) is 5.91 Å². The monoisotopic (exact) mass is 428 g/mol. The van der Waals surface area contributed by atoms with Crippen molar-refractivity contribution in [3.05, 3.63) is 63.8 Å². The first-order chi connectivity index (χ1) is 12.9. The van der Waals surface area contributed by atoms with E-state index >= 15 is 0 Å². The number of carboxylic acid groups (broad SMARTS) is 1. The molecular weight excluding hydrogens is 408 g/mol. The number of anilines is 1. The lowest BCUT2D eigenvalue weighted by Crippen LogP contribution is -2.20. The van der Waals surface area contributed by atoms with Gasteiger partial charge in [0.2, 0.25) is 0 Å². The first kappa shape index (κ1) is 19.2. The molecule has 0 saturated carbocycles. The van der Waals surface area contributed by atoms with Crippen LogP contribution in [0.25, 0.3) is 10.9 Å². The minimum atomic E-state index is -1.09. The van der Waals surface area contributed by atoms with Crippen molar-refractivity contribution in [1.82, 2.24) is 4.57 Å². The third kappa shape index (κ3) is 3.76. The van der Waals surface area contributed by atoms with Crippen LogP contribution >= 0.6 is 15.9 Å². The summed E-state index contributed by atoms with van der Waals surface area (Å²) in [7, 11) is 0. The second-order valence-corrected chi connectivity index (χ2v) is 7.36. The number of fused-ring (bicyclic) bond motifs is 1. The normalized spacial score (nSPS) is 10.9. The first-order valence-corrected chi connectivity index (χ1v) is 9.65. The van der Waals surface area contributed by atoms with Crippen LogP contribution in [0.5, 0.6) is 0 Å². The van der Waals surface area contributed by atoms with Gasteiger partial charge < -0.3 is 15.0 Å². The Balaban J connectivity index is 2.06. The van der Waals surface area contributed by atoms with E-state index in [1.165, 1.54) is 6.07 Å². The quantitative estimate of drug-likeness (QED) is 0.547. The van der Waals surface area contributed by atoms with Gasteiger partial charge in [0.1, 0.15) is 5.69 Å². The Kier molecular flexibility index (Phi) is 5.65. The third-order valence-corrected chi connectivity index (χ3v) is 5.13. The summed E-state index contributed by atoms with van der Waals surface area (Å²) in [6.07, 6.45) is 1.97. The molecule has 1 aromatic heterocycles. The smallest absolute Gasteiger partial charge is 0.337 e. The van der Waals surface area contributed by atoms with Gasteiger partial charge in [-0.1, -0.05) is 47.5 Å². The maximum atomic E-state index is 13.1. The van der Waals surface area contributed by atoms with Crippen molar-refractivity contribution in [2.45, 2.75) is 33.2 Å². The van der Waals surface area contributed by atoms with Gasteiger partial charge in [0.05, 0.1) is 11.3 Å². The van der Waals surface area contributed by atoms with Crippen molar-refractivity contribution in [2.75, 3.05) is 5.32 Å². The lowest BCUT2D eigenvalue weighted by Gasteiger charge is -2.13. The standard InChI is InChI=1S/C21H21BrN2O3/c1-3-4-11-24-18-8-6-5-7-15(18)13(2)19(24)20(25)23-17-10-9-14(22)12-16(17)21(26)27/h5-10,12H,3-4,11H2,1-2H3,(H,23,25)(H,26,27). The van der Waals surface area contributed by atoms with Gasteiger partial charge in [-0.15, -0.1) is 0 Å². The van der Waals surface area contributed by atoms with Crippen LogP contribution in [0.2, 0.25) is 0 Å². The highest BCUT2D eigenvalue weighted by Crippen LogP contribution is 2.28. The predicted octanol–water partition coefficient (Wildman–Crippen LogP) is 5.46. The summed E-state index contributed by atoms with van der Waals surface area (Å²) in [6.45, 7) is 4.78. The van der Waals surface area contributed by atoms with E-state index in [0.29, 0.717) is 10.2 Å². The molecule has 0 aliphatic rings. The lowest BCUT2D eigenvalue weighted by molar-refractivity contribution is 0.0698. The van der Waals surface area contributed by atoms with Gasteiger partial charge in [0.15, 0.2) is 0 Å². The molecule has 0 radical (unpaired) electrons. The van der Waals surface area contributed by atoms with Gasteiger partial charge in [-0.25, -0.2) is 4.79 Å². The average Bonchev–Trinajstić information content (AvgIpc) is 2.93. The summed E-state index contributed by atoms with van der Waals surface area (Å²) in [5.74, 6) is -1.39. The molecule has 2 aromatic carbocycles. The van der Waals surface area contributed by atoms with Crippen molar-refractivity contribution >= 4 is 44.4 Å². The number of nitrogens with zero attached hydrogens (tertiary/aromatic N) is 1. The van der Waals surface area contributed by atoms with E-state index in [0.717, 1.165) is 35.9 Å². The molecule has 3 aromatic rings. The van der Waals surface area contributed by atoms with Crippen molar-refractivity contribution in [1.29, 1.82) is 0 Å². The number of para-hydroxylation sites is 1. The number of hydrogen-bond donors (Lipinski definition) is 2. The summed E-state index contributed by atoms with van der Waals surface area (Å²) in [5, 5.41) is 13.3. The first-order valence-electron chi connectivity index (χ1n) is 8.86. The van der Waals surface area contributed by atoms with Gasteiger partial charge in [-0.2, -0.15) is 0 Å². The molecule has 3 rings (SSSR count). The highest BCUT2D eigenvalue weighted by atomic mass is 79.9. The number of carbonyl (C=O) groups is 2. The Bertz CT molecular complexity index is 1020. The van der Waals surface area contributed by atoms with Crippen LogP contribution in [0.15, 0.2) is 46.9 Å². The maximum absolute atomic E-state index is 13.1. The number of unbranched alkanes of at least 4 members (excludes halogenated alkanes) is 1. The van der Waals surface area contributed by atoms with Crippen LogP contribution in [0.1, 0.15) is 46.2 Å². The molecule has 0 unspecified atom stereocenters. The fourth-order valence-electron chi connectivity index (χ4n) is 3.30. The number of halogens is 1. The topological polar surface area (TPSA) is 71.3 Å².